The smallest absolute Gasteiger partial charge is 0.155 e. The van der Waals surface area contributed by atoms with Gasteiger partial charge in [0.25, 0.3) is 0 Å². The number of carbonyl (C=O) groups excluding carboxylic acids is 1. The van der Waals surface area contributed by atoms with Crippen molar-refractivity contribution in [2.75, 3.05) is 0 Å². The van der Waals surface area contributed by atoms with Gasteiger partial charge in [-0.3, -0.25) is 4.79 Å². The minimum Gasteiger partial charge on any atom is -0.295 e. The summed E-state index contributed by atoms with van der Waals surface area (Å²) in [4.78, 5) is 11.3. The summed E-state index contributed by atoms with van der Waals surface area (Å²) in [5.74, 6) is 1.70. The van der Waals surface area contributed by atoms with E-state index in [-0.39, 0.29) is 0 Å². The van der Waals surface area contributed by atoms with E-state index in [1.54, 1.807) is 0 Å². The van der Waals surface area contributed by atoms with Crippen LogP contribution in [0.4, 0.5) is 0 Å². The fourth-order valence-corrected chi connectivity index (χ4v) is 2.52. The van der Waals surface area contributed by atoms with E-state index in [0.717, 1.165) is 18.8 Å². The molecule has 0 heterocycles. The third-order valence-electron chi connectivity index (χ3n) is 3.33. The average Bonchev–Trinajstić information content (AvgIpc) is 2.36. The van der Waals surface area contributed by atoms with Gasteiger partial charge in [0.05, 0.1) is 0 Å². The van der Waals surface area contributed by atoms with E-state index in [2.05, 4.69) is 19.9 Å². The van der Waals surface area contributed by atoms with Crippen molar-refractivity contribution in [2.45, 2.75) is 33.1 Å². The highest BCUT2D eigenvalue weighted by Gasteiger charge is 2.29. The van der Waals surface area contributed by atoms with E-state index in [1.165, 1.54) is 17.6 Å². The van der Waals surface area contributed by atoms with Gasteiger partial charge in [0.15, 0.2) is 5.78 Å². The largest absolute Gasteiger partial charge is 0.295 e. The van der Waals surface area contributed by atoms with Crippen LogP contribution in [0.5, 0.6) is 0 Å². The number of hydrogen-bond acceptors (Lipinski definition) is 1. The van der Waals surface area contributed by atoms with Crippen molar-refractivity contribution in [3.05, 3.63) is 23.3 Å². The van der Waals surface area contributed by atoms with Gasteiger partial charge >= 0.3 is 0 Å². The van der Waals surface area contributed by atoms with E-state index in [0.29, 0.717) is 11.7 Å². The van der Waals surface area contributed by atoms with Gasteiger partial charge < -0.3 is 0 Å². The molecule has 0 N–H and O–H groups in total. The van der Waals surface area contributed by atoms with Crippen LogP contribution in [0.2, 0.25) is 0 Å². The predicted octanol–water partition coefficient (Wildman–Crippen LogP) is 2.88. The lowest BCUT2D eigenvalue weighted by Gasteiger charge is -2.17. The number of carbonyl (C=O) groups is 1. The molecule has 2 rings (SSSR count). The molecule has 0 saturated carbocycles. The Morgan fingerprint density at radius 2 is 2.23 bits per heavy atom. The number of ketones is 1. The van der Waals surface area contributed by atoms with Crippen LogP contribution in [0.3, 0.4) is 0 Å². The maximum atomic E-state index is 11.3. The minimum atomic E-state index is 0.306. The molecular weight excluding hydrogens is 160 g/mol. The maximum Gasteiger partial charge on any atom is 0.155 e. The number of allylic oxidation sites excluding steroid dienone is 4. The van der Waals surface area contributed by atoms with Crippen molar-refractivity contribution in [1.29, 1.82) is 0 Å². The molecule has 0 fully saturated rings. The summed E-state index contributed by atoms with van der Waals surface area (Å²) in [5.41, 5.74) is 2.65. The first-order valence-electron chi connectivity index (χ1n) is 5.10. The van der Waals surface area contributed by atoms with Crippen LogP contribution in [0.15, 0.2) is 23.3 Å². The van der Waals surface area contributed by atoms with Gasteiger partial charge in [0, 0.05) is 6.42 Å². The van der Waals surface area contributed by atoms with Gasteiger partial charge in [-0.15, -0.1) is 0 Å². The maximum absolute atomic E-state index is 11.3. The summed E-state index contributed by atoms with van der Waals surface area (Å²) in [6, 6.07) is 0. The number of fused-ring (bicyclic) bond motifs is 1. The molecule has 0 spiro atoms. The van der Waals surface area contributed by atoms with E-state index in [1.807, 2.05) is 6.08 Å². The Kier molecular flexibility index (Phi) is 2.10. The molecule has 2 aliphatic carbocycles. The number of rotatable bonds is 0. The molecule has 0 aliphatic heterocycles. The van der Waals surface area contributed by atoms with Gasteiger partial charge in [-0.05, 0) is 48.8 Å². The lowest BCUT2D eigenvalue weighted by molar-refractivity contribution is -0.114. The molecule has 0 aromatic rings. The lowest BCUT2D eigenvalue weighted by Crippen LogP contribution is -2.08. The van der Waals surface area contributed by atoms with E-state index in [9.17, 15) is 4.79 Å². The van der Waals surface area contributed by atoms with Crippen molar-refractivity contribution in [3.8, 4) is 0 Å². The van der Waals surface area contributed by atoms with Crippen molar-refractivity contribution in [3.63, 3.8) is 0 Å². The summed E-state index contributed by atoms with van der Waals surface area (Å²) in [6.45, 7) is 4.36. The Balaban J connectivity index is 2.32. The molecule has 0 amide bonds. The van der Waals surface area contributed by atoms with E-state index in [4.69, 9.17) is 0 Å². The molecule has 0 radical (unpaired) electrons. The lowest BCUT2D eigenvalue weighted by atomic mass is 9.87. The van der Waals surface area contributed by atoms with Gasteiger partial charge in [-0.25, -0.2) is 0 Å². The summed E-state index contributed by atoms with van der Waals surface area (Å²) < 4.78 is 0. The molecule has 13 heavy (non-hydrogen) atoms. The van der Waals surface area contributed by atoms with Gasteiger partial charge in [-0.1, -0.05) is 13.0 Å². The standard InChI is InChI=1S/C12H16O/c1-8-3-5-12-9(2)7-10(13)4-6-11(8)12/h5,7-8,11H,3-4,6H2,1-2H3. The van der Waals surface area contributed by atoms with E-state index >= 15 is 0 Å². The molecule has 0 aromatic heterocycles. The Hall–Kier alpha value is -0.850. The average molecular weight is 176 g/mol. The molecule has 1 heteroatoms. The summed E-state index contributed by atoms with van der Waals surface area (Å²) >= 11 is 0. The van der Waals surface area contributed by atoms with Crippen LogP contribution in [0.1, 0.15) is 33.1 Å². The summed E-state index contributed by atoms with van der Waals surface area (Å²) in [7, 11) is 0. The first kappa shape index (κ1) is 8.74. The zero-order valence-corrected chi connectivity index (χ0v) is 8.34. The van der Waals surface area contributed by atoms with Crippen LogP contribution >= 0.6 is 0 Å². The third-order valence-corrected chi connectivity index (χ3v) is 3.33. The molecule has 0 saturated heterocycles. The molecule has 2 unspecified atom stereocenters. The fourth-order valence-electron chi connectivity index (χ4n) is 2.52. The van der Waals surface area contributed by atoms with Crippen LogP contribution in [-0.2, 0) is 4.79 Å². The minimum absolute atomic E-state index is 0.306. The Labute approximate surface area is 79.5 Å². The van der Waals surface area contributed by atoms with Crippen molar-refractivity contribution >= 4 is 5.78 Å². The molecule has 2 atom stereocenters. The second-order valence-corrected chi connectivity index (χ2v) is 4.31. The van der Waals surface area contributed by atoms with Crippen molar-refractivity contribution in [1.82, 2.24) is 0 Å². The Bertz CT molecular complexity index is 296. The van der Waals surface area contributed by atoms with Crippen molar-refractivity contribution < 1.29 is 4.79 Å². The molecule has 1 nitrogen and oxygen atoms in total. The number of hydrogen-bond donors (Lipinski definition) is 0. The highest BCUT2D eigenvalue weighted by Crippen LogP contribution is 2.40. The molecule has 2 aliphatic rings. The third kappa shape index (κ3) is 1.48. The van der Waals surface area contributed by atoms with Gasteiger partial charge in [0.2, 0.25) is 0 Å². The first-order chi connectivity index (χ1) is 6.18. The topological polar surface area (TPSA) is 17.1 Å². The predicted molar refractivity (Wildman–Crippen MR) is 53.4 cm³/mol. The van der Waals surface area contributed by atoms with Crippen LogP contribution in [0.25, 0.3) is 0 Å². The normalized spacial score (nSPS) is 33.5. The van der Waals surface area contributed by atoms with Gasteiger partial charge in [-0.2, -0.15) is 0 Å². The highest BCUT2D eigenvalue weighted by molar-refractivity contribution is 5.91. The Morgan fingerprint density at radius 1 is 1.46 bits per heavy atom. The second-order valence-electron chi connectivity index (χ2n) is 4.31. The fraction of sp³-hybridized carbons (Fsp3) is 0.583. The molecule has 0 bridgehead atoms. The molecule has 0 aromatic carbocycles. The Morgan fingerprint density at radius 3 is 3.00 bits per heavy atom. The van der Waals surface area contributed by atoms with Gasteiger partial charge in [0.1, 0.15) is 0 Å². The second kappa shape index (κ2) is 3.13. The van der Waals surface area contributed by atoms with Crippen LogP contribution in [0, 0.1) is 11.8 Å². The summed E-state index contributed by atoms with van der Waals surface area (Å²) in [5, 5.41) is 0. The SMILES string of the molecule is CC1=CC(=O)CCC2C1=CCC2C. The monoisotopic (exact) mass is 176 g/mol. The zero-order valence-electron chi connectivity index (χ0n) is 8.34. The molecular formula is C12H16O. The zero-order chi connectivity index (χ0) is 9.42. The van der Waals surface area contributed by atoms with E-state index < -0.39 is 0 Å². The van der Waals surface area contributed by atoms with Crippen LogP contribution in [-0.4, -0.2) is 5.78 Å². The van der Waals surface area contributed by atoms with Crippen molar-refractivity contribution in [2.24, 2.45) is 11.8 Å². The quantitative estimate of drug-likeness (QED) is 0.554. The highest BCUT2D eigenvalue weighted by atomic mass is 16.1. The van der Waals surface area contributed by atoms with Crippen LogP contribution < -0.4 is 0 Å². The summed E-state index contributed by atoms with van der Waals surface area (Å²) in [6.07, 6.45) is 7.13. The molecule has 70 valence electrons. The first-order valence-corrected chi connectivity index (χ1v) is 5.10.